The number of halogens is 1. The summed E-state index contributed by atoms with van der Waals surface area (Å²) in [5, 5.41) is 2.63. The van der Waals surface area contributed by atoms with E-state index in [1.54, 1.807) is 11.0 Å². The average molecular weight is 370 g/mol. The Labute approximate surface area is 154 Å². The molecule has 7 nitrogen and oxygen atoms in total. The van der Waals surface area contributed by atoms with Crippen LogP contribution in [0, 0.1) is 5.82 Å². The molecule has 1 atom stereocenters. The predicted molar refractivity (Wildman–Crippen MR) is 95.8 cm³/mol. The molecular formula is C19H19FN4O3. The fourth-order valence-electron chi connectivity index (χ4n) is 3.88. The zero-order valence-corrected chi connectivity index (χ0v) is 14.6. The van der Waals surface area contributed by atoms with Gasteiger partial charge in [0, 0.05) is 37.2 Å². The molecule has 2 amide bonds. The number of rotatable bonds is 2. The maximum absolute atomic E-state index is 13.5. The lowest BCUT2D eigenvalue weighted by atomic mass is 9.87. The lowest BCUT2D eigenvalue weighted by Gasteiger charge is -2.35. The van der Waals surface area contributed by atoms with Crippen LogP contribution in [0.25, 0.3) is 0 Å². The van der Waals surface area contributed by atoms with E-state index in [4.69, 9.17) is 0 Å². The van der Waals surface area contributed by atoms with Crippen molar-refractivity contribution < 1.29 is 14.0 Å². The van der Waals surface area contributed by atoms with Crippen LogP contribution in [0.2, 0.25) is 0 Å². The summed E-state index contributed by atoms with van der Waals surface area (Å²) in [4.78, 5) is 44.9. The van der Waals surface area contributed by atoms with Crippen molar-refractivity contribution in [3.05, 3.63) is 58.0 Å². The van der Waals surface area contributed by atoms with Crippen LogP contribution in [-0.4, -0.2) is 39.8 Å². The van der Waals surface area contributed by atoms with Gasteiger partial charge in [-0.05, 0) is 30.5 Å². The Balaban J connectivity index is 1.48. The molecule has 4 rings (SSSR count). The van der Waals surface area contributed by atoms with Crippen LogP contribution in [0.15, 0.2) is 35.4 Å². The standard InChI is InChI=1S/C19H19FN4O3/c20-12-1-2-13-14(8-18(26)23-16(13)7-12)19(27)24-5-3-11(4-6-24)15-9-17(25)22-10-21-15/h1-2,7,9-11,14H,3-6,8H2,(H,23,26)(H,21,22,25)/t14-/m0/s1. The average Bonchev–Trinajstić information content (AvgIpc) is 2.66. The largest absolute Gasteiger partial charge is 0.342 e. The summed E-state index contributed by atoms with van der Waals surface area (Å²) in [6.45, 7) is 1.07. The molecule has 0 spiro atoms. The van der Waals surface area contributed by atoms with Gasteiger partial charge in [-0.25, -0.2) is 9.37 Å². The van der Waals surface area contributed by atoms with Gasteiger partial charge in [-0.1, -0.05) is 6.07 Å². The minimum absolute atomic E-state index is 0.0625. The van der Waals surface area contributed by atoms with E-state index in [2.05, 4.69) is 15.3 Å². The number of fused-ring (bicyclic) bond motifs is 1. The summed E-state index contributed by atoms with van der Waals surface area (Å²) in [6.07, 6.45) is 2.87. The highest BCUT2D eigenvalue weighted by atomic mass is 19.1. The number of benzene rings is 1. The first kappa shape index (κ1) is 17.4. The van der Waals surface area contributed by atoms with E-state index < -0.39 is 11.7 Å². The van der Waals surface area contributed by atoms with Crippen LogP contribution in [0.3, 0.4) is 0 Å². The van der Waals surface area contributed by atoms with E-state index >= 15 is 0 Å². The molecule has 1 aromatic carbocycles. The minimum atomic E-state index is -0.594. The Morgan fingerprint density at radius 3 is 2.70 bits per heavy atom. The second kappa shape index (κ2) is 6.94. The Bertz CT molecular complexity index is 950. The quantitative estimate of drug-likeness (QED) is 0.842. The van der Waals surface area contributed by atoms with Gasteiger partial charge >= 0.3 is 0 Å². The van der Waals surface area contributed by atoms with Crippen molar-refractivity contribution in [3.8, 4) is 0 Å². The maximum atomic E-state index is 13.5. The molecule has 2 aromatic rings. The normalized spacial score (nSPS) is 20.1. The fraction of sp³-hybridized carbons (Fsp3) is 0.368. The predicted octanol–water partition coefficient (Wildman–Crippen LogP) is 1.74. The number of anilines is 1. The Morgan fingerprint density at radius 2 is 1.96 bits per heavy atom. The summed E-state index contributed by atoms with van der Waals surface area (Å²) >= 11 is 0. The van der Waals surface area contributed by atoms with E-state index in [9.17, 15) is 18.8 Å². The van der Waals surface area contributed by atoms with E-state index in [0.29, 0.717) is 37.2 Å². The molecule has 0 aliphatic carbocycles. The zero-order valence-electron chi connectivity index (χ0n) is 14.6. The number of aromatic amines is 1. The maximum Gasteiger partial charge on any atom is 0.250 e. The third kappa shape index (κ3) is 3.47. The SMILES string of the molecule is O=C1C[C@H](C(=O)N2CCC(c3cc(=O)[nH]cn3)CC2)c2ccc(F)cc2N1. The van der Waals surface area contributed by atoms with Crippen LogP contribution in [0.5, 0.6) is 0 Å². The Morgan fingerprint density at radius 1 is 1.19 bits per heavy atom. The number of piperidine rings is 1. The molecule has 0 unspecified atom stereocenters. The first-order valence-corrected chi connectivity index (χ1v) is 8.94. The highest BCUT2D eigenvalue weighted by molar-refractivity contribution is 6.01. The van der Waals surface area contributed by atoms with Crippen LogP contribution >= 0.6 is 0 Å². The Hall–Kier alpha value is -3.03. The summed E-state index contributed by atoms with van der Waals surface area (Å²) in [5.74, 6) is -1.31. The van der Waals surface area contributed by atoms with Crippen molar-refractivity contribution in [2.24, 2.45) is 0 Å². The van der Waals surface area contributed by atoms with Gasteiger partial charge in [0.25, 0.3) is 5.56 Å². The highest BCUT2D eigenvalue weighted by Gasteiger charge is 2.35. The van der Waals surface area contributed by atoms with Gasteiger partial charge in [0.1, 0.15) is 5.82 Å². The monoisotopic (exact) mass is 370 g/mol. The molecule has 3 heterocycles. The zero-order chi connectivity index (χ0) is 19.0. The van der Waals surface area contributed by atoms with Gasteiger partial charge in [-0.3, -0.25) is 14.4 Å². The van der Waals surface area contributed by atoms with Gasteiger partial charge in [0.05, 0.1) is 17.9 Å². The molecule has 8 heteroatoms. The summed E-state index contributed by atoms with van der Waals surface area (Å²) in [5.41, 5.74) is 1.57. The van der Waals surface area contributed by atoms with Crippen LogP contribution in [0.4, 0.5) is 10.1 Å². The number of carbonyl (C=O) groups excluding carboxylic acids is 2. The molecule has 2 aliphatic rings. The number of amides is 2. The molecule has 2 N–H and O–H groups in total. The number of H-pyrrole nitrogens is 1. The van der Waals surface area contributed by atoms with E-state index in [-0.39, 0.29) is 29.7 Å². The van der Waals surface area contributed by atoms with Crippen molar-refractivity contribution in [2.75, 3.05) is 18.4 Å². The van der Waals surface area contributed by atoms with E-state index in [1.807, 2.05) is 0 Å². The van der Waals surface area contributed by atoms with Gasteiger partial charge in [-0.15, -0.1) is 0 Å². The molecule has 27 heavy (non-hydrogen) atoms. The fourth-order valence-corrected chi connectivity index (χ4v) is 3.88. The number of likely N-dealkylation sites (tertiary alicyclic amines) is 1. The molecule has 1 fully saturated rings. The van der Waals surface area contributed by atoms with E-state index in [1.165, 1.54) is 24.5 Å². The van der Waals surface area contributed by atoms with Crippen molar-refractivity contribution in [1.82, 2.24) is 14.9 Å². The van der Waals surface area contributed by atoms with Gasteiger partial charge in [-0.2, -0.15) is 0 Å². The molecule has 140 valence electrons. The number of nitrogens with one attached hydrogen (secondary N) is 2. The number of aromatic nitrogens is 2. The van der Waals surface area contributed by atoms with Crippen LogP contribution in [0.1, 0.15) is 42.4 Å². The smallest absolute Gasteiger partial charge is 0.250 e. The number of nitrogens with zero attached hydrogens (tertiary/aromatic N) is 2. The summed E-state index contributed by atoms with van der Waals surface area (Å²) in [7, 11) is 0. The Kier molecular flexibility index (Phi) is 4.47. The molecule has 0 radical (unpaired) electrons. The molecule has 1 aromatic heterocycles. The lowest BCUT2D eigenvalue weighted by Crippen LogP contribution is -2.42. The van der Waals surface area contributed by atoms with E-state index in [0.717, 1.165) is 5.69 Å². The number of carbonyl (C=O) groups is 2. The third-order valence-electron chi connectivity index (χ3n) is 5.28. The van der Waals surface area contributed by atoms with Crippen molar-refractivity contribution in [1.29, 1.82) is 0 Å². The second-order valence-corrected chi connectivity index (χ2v) is 6.97. The highest BCUT2D eigenvalue weighted by Crippen LogP contribution is 2.35. The molecule has 0 saturated carbocycles. The molecule has 1 saturated heterocycles. The number of hydrogen-bond acceptors (Lipinski definition) is 4. The topological polar surface area (TPSA) is 95.2 Å². The van der Waals surface area contributed by atoms with Crippen LogP contribution < -0.4 is 10.9 Å². The minimum Gasteiger partial charge on any atom is -0.342 e. The third-order valence-corrected chi connectivity index (χ3v) is 5.28. The summed E-state index contributed by atoms with van der Waals surface area (Å²) in [6, 6.07) is 5.62. The lowest BCUT2D eigenvalue weighted by molar-refractivity contribution is -0.135. The molecule has 2 aliphatic heterocycles. The first-order valence-electron chi connectivity index (χ1n) is 8.94. The molecular weight excluding hydrogens is 351 g/mol. The van der Waals surface area contributed by atoms with Crippen molar-refractivity contribution in [3.63, 3.8) is 0 Å². The van der Waals surface area contributed by atoms with Gasteiger partial charge in [0.15, 0.2) is 0 Å². The first-order chi connectivity index (χ1) is 13.0. The molecule has 0 bridgehead atoms. The van der Waals surface area contributed by atoms with Crippen molar-refractivity contribution in [2.45, 2.75) is 31.1 Å². The summed E-state index contributed by atoms with van der Waals surface area (Å²) < 4.78 is 13.5. The number of hydrogen-bond donors (Lipinski definition) is 2. The van der Waals surface area contributed by atoms with Gasteiger partial charge in [0.2, 0.25) is 11.8 Å². The van der Waals surface area contributed by atoms with Crippen molar-refractivity contribution >= 4 is 17.5 Å². The second-order valence-electron chi connectivity index (χ2n) is 6.97. The van der Waals surface area contributed by atoms with Gasteiger partial charge < -0.3 is 15.2 Å². The van der Waals surface area contributed by atoms with Crippen LogP contribution in [-0.2, 0) is 9.59 Å².